The molecular weight excluding hydrogens is 272 g/mol. The van der Waals surface area contributed by atoms with Gasteiger partial charge in [0.15, 0.2) is 0 Å². The number of amides is 1. The molecule has 0 spiro atoms. The highest BCUT2D eigenvalue weighted by atomic mass is 16.1. The normalized spacial score (nSPS) is 22.9. The van der Waals surface area contributed by atoms with Gasteiger partial charge in [0.1, 0.15) is 0 Å². The van der Waals surface area contributed by atoms with E-state index in [1.165, 1.54) is 11.1 Å². The Balaban J connectivity index is 1.49. The molecule has 118 valence electrons. The molecular formula is C19H26N2O. The number of benzene rings is 1. The van der Waals surface area contributed by atoms with E-state index in [9.17, 15) is 4.79 Å². The maximum atomic E-state index is 12.2. The van der Waals surface area contributed by atoms with Gasteiger partial charge in [-0.1, -0.05) is 36.4 Å². The quantitative estimate of drug-likeness (QED) is 0.867. The first-order chi connectivity index (χ1) is 10.7. The van der Waals surface area contributed by atoms with E-state index in [-0.39, 0.29) is 11.8 Å². The van der Waals surface area contributed by atoms with Crippen LogP contribution in [0, 0.1) is 5.92 Å². The van der Waals surface area contributed by atoms with Gasteiger partial charge in [-0.15, -0.1) is 0 Å². The molecule has 0 saturated carbocycles. The molecule has 0 fully saturated rings. The van der Waals surface area contributed by atoms with Crippen LogP contribution in [0.1, 0.15) is 37.3 Å². The van der Waals surface area contributed by atoms with Gasteiger partial charge < -0.3 is 5.32 Å². The first kappa shape index (κ1) is 15.3. The van der Waals surface area contributed by atoms with Crippen molar-refractivity contribution in [2.24, 2.45) is 5.92 Å². The Labute approximate surface area is 133 Å². The van der Waals surface area contributed by atoms with Crippen molar-refractivity contribution in [2.75, 3.05) is 13.1 Å². The second-order valence-corrected chi connectivity index (χ2v) is 6.56. The van der Waals surface area contributed by atoms with E-state index in [4.69, 9.17) is 0 Å². The SMILES string of the molecule is C[C@@H](CNC(=O)[C@H]1CC=CCC1)N1CCc2ccccc2C1. The third kappa shape index (κ3) is 3.58. The summed E-state index contributed by atoms with van der Waals surface area (Å²) in [6.45, 7) is 5.05. The third-order valence-electron chi connectivity index (χ3n) is 5.00. The number of rotatable bonds is 4. The van der Waals surface area contributed by atoms with Gasteiger partial charge in [0.25, 0.3) is 0 Å². The van der Waals surface area contributed by atoms with Gasteiger partial charge >= 0.3 is 0 Å². The maximum absolute atomic E-state index is 12.2. The van der Waals surface area contributed by atoms with Crippen molar-refractivity contribution in [3.63, 3.8) is 0 Å². The second-order valence-electron chi connectivity index (χ2n) is 6.56. The van der Waals surface area contributed by atoms with Crippen LogP contribution in [0.5, 0.6) is 0 Å². The minimum Gasteiger partial charge on any atom is -0.354 e. The summed E-state index contributed by atoms with van der Waals surface area (Å²) in [5, 5.41) is 3.16. The first-order valence-electron chi connectivity index (χ1n) is 8.47. The third-order valence-corrected chi connectivity index (χ3v) is 5.00. The van der Waals surface area contributed by atoms with E-state index < -0.39 is 0 Å². The van der Waals surface area contributed by atoms with Crippen LogP contribution in [0.2, 0.25) is 0 Å². The summed E-state index contributed by atoms with van der Waals surface area (Å²) in [4.78, 5) is 14.7. The average Bonchev–Trinajstić information content (AvgIpc) is 2.59. The smallest absolute Gasteiger partial charge is 0.223 e. The number of allylic oxidation sites excluding steroid dienone is 2. The van der Waals surface area contributed by atoms with Crippen LogP contribution in [0.15, 0.2) is 36.4 Å². The van der Waals surface area contributed by atoms with Gasteiger partial charge in [-0.2, -0.15) is 0 Å². The largest absolute Gasteiger partial charge is 0.354 e. The van der Waals surface area contributed by atoms with Crippen molar-refractivity contribution >= 4 is 5.91 Å². The monoisotopic (exact) mass is 298 g/mol. The van der Waals surface area contributed by atoms with Crippen molar-refractivity contribution in [1.29, 1.82) is 0 Å². The van der Waals surface area contributed by atoms with Gasteiger partial charge in [-0.05, 0) is 43.7 Å². The number of hydrogen-bond donors (Lipinski definition) is 1. The van der Waals surface area contributed by atoms with Gasteiger partial charge in [-0.25, -0.2) is 0 Å². The van der Waals surface area contributed by atoms with Crippen LogP contribution < -0.4 is 5.32 Å². The van der Waals surface area contributed by atoms with Crippen molar-refractivity contribution in [3.8, 4) is 0 Å². The fourth-order valence-electron chi connectivity index (χ4n) is 3.45. The minimum atomic E-state index is 0.180. The summed E-state index contributed by atoms with van der Waals surface area (Å²) >= 11 is 0. The van der Waals surface area contributed by atoms with Crippen LogP contribution in [-0.2, 0) is 17.8 Å². The summed E-state index contributed by atoms with van der Waals surface area (Å²) in [6, 6.07) is 9.08. The highest BCUT2D eigenvalue weighted by molar-refractivity contribution is 5.79. The van der Waals surface area contributed by atoms with E-state index in [1.54, 1.807) is 0 Å². The first-order valence-corrected chi connectivity index (χ1v) is 8.47. The summed E-state index contributed by atoms with van der Waals surface area (Å²) < 4.78 is 0. The molecule has 3 rings (SSSR count). The molecule has 2 aliphatic rings. The maximum Gasteiger partial charge on any atom is 0.223 e. The Bertz CT molecular complexity index is 552. The van der Waals surface area contributed by atoms with Crippen molar-refractivity contribution in [2.45, 2.75) is 45.2 Å². The van der Waals surface area contributed by atoms with E-state index in [0.717, 1.165) is 45.3 Å². The molecule has 1 N–H and O–H groups in total. The Morgan fingerprint density at radius 2 is 2.14 bits per heavy atom. The van der Waals surface area contributed by atoms with E-state index >= 15 is 0 Å². The molecule has 1 aromatic carbocycles. The molecule has 1 aliphatic carbocycles. The molecule has 1 aliphatic heterocycles. The van der Waals surface area contributed by atoms with Crippen molar-refractivity contribution in [3.05, 3.63) is 47.5 Å². The number of carbonyl (C=O) groups excluding carboxylic acids is 1. The Kier molecular flexibility index (Phi) is 4.94. The molecule has 1 aromatic rings. The summed E-state index contributed by atoms with van der Waals surface area (Å²) in [5.41, 5.74) is 2.91. The zero-order valence-corrected chi connectivity index (χ0v) is 13.4. The lowest BCUT2D eigenvalue weighted by Crippen LogP contribution is -2.45. The Morgan fingerprint density at radius 3 is 2.91 bits per heavy atom. The number of fused-ring (bicyclic) bond motifs is 1. The van der Waals surface area contributed by atoms with Gasteiger partial charge in [0.05, 0.1) is 0 Å². The van der Waals surface area contributed by atoms with Crippen LogP contribution >= 0.6 is 0 Å². The predicted molar refractivity (Wildman–Crippen MR) is 89.5 cm³/mol. The second kappa shape index (κ2) is 7.10. The van der Waals surface area contributed by atoms with Crippen LogP contribution in [0.4, 0.5) is 0 Å². The number of nitrogens with one attached hydrogen (secondary N) is 1. The fourth-order valence-corrected chi connectivity index (χ4v) is 3.45. The van der Waals surface area contributed by atoms with E-state index in [0.29, 0.717) is 6.04 Å². The molecule has 0 bridgehead atoms. The van der Waals surface area contributed by atoms with Gasteiger partial charge in [0, 0.05) is 31.6 Å². The standard InChI is InChI=1S/C19H26N2O/c1-15(13-20-19(22)17-8-3-2-4-9-17)21-12-11-16-7-5-6-10-18(16)14-21/h2-3,5-7,10,15,17H,4,8-9,11-14H2,1H3,(H,20,22)/t15-,17-/m0/s1. The zero-order valence-electron chi connectivity index (χ0n) is 13.4. The lowest BCUT2D eigenvalue weighted by Gasteiger charge is -2.34. The van der Waals surface area contributed by atoms with Crippen LogP contribution in [0.3, 0.4) is 0 Å². The van der Waals surface area contributed by atoms with E-state index in [2.05, 4.69) is 53.6 Å². The topological polar surface area (TPSA) is 32.3 Å². The van der Waals surface area contributed by atoms with Gasteiger partial charge in [0.2, 0.25) is 5.91 Å². The van der Waals surface area contributed by atoms with Crippen molar-refractivity contribution < 1.29 is 4.79 Å². The highest BCUT2D eigenvalue weighted by Crippen LogP contribution is 2.21. The molecule has 0 aromatic heterocycles. The molecule has 0 saturated heterocycles. The van der Waals surface area contributed by atoms with Gasteiger partial charge in [-0.3, -0.25) is 9.69 Å². The number of nitrogens with zero attached hydrogens (tertiary/aromatic N) is 1. The highest BCUT2D eigenvalue weighted by Gasteiger charge is 2.22. The molecule has 1 amide bonds. The van der Waals surface area contributed by atoms with Crippen molar-refractivity contribution in [1.82, 2.24) is 10.2 Å². The summed E-state index contributed by atoms with van der Waals surface area (Å²) in [7, 11) is 0. The summed E-state index contributed by atoms with van der Waals surface area (Å²) in [5.74, 6) is 0.410. The fraction of sp³-hybridized carbons (Fsp3) is 0.526. The number of hydrogen-bond acceptors (Lipinski definition) is 2. The number of carbonyl (C=O) groups is 1. The molecule has 22 heavy (non-hydrogen) atoms. The molecule has 3 heteroatoms. The Hall–Kier alpha value is -1.61. The predicted octanol–water partition coefficient (Wildman–Crippen LogP) is 2.91. The lowest BCUT2D eigenvalue weighted by atomic mass is 9.93. The Morgan fingerprint density at radius 1 is 1.32 bits per heavy atom. The van der Waals surface area contributed by atoms with Crippen LogP contribution in [-0.4, -0.2) is 29.9 Å². The van der Waals surface area contributed by atoms with Crippen LogP contribution in [0.25, 0.3) is 0 Å². The van der Waals surface area contributed by atoms with E-state index in [1.807, 2.05) is 0 Å². The molecule has 0 unspecified atom stereocenters. The minimum absolute atomic E-state index is 0.180. The molecule has 0 radical (unpaired) electrons. The molecule has 3 nitrogen and oxygen atoms in total. The average molecular weight is 298 g/mol. The lowest BCUT2D eigenvalue weighted by molar-refractivity contribution is -0.125. The summed E-state index contributed by atoms with van der Waals surface area (Å²) in [6.07, 6.45) is 8.36. The zero-order chi connectivity index (χ0) is 15.4. The molecule has 1 heterocycles. The molecule has 2 atom stereocenters.